The number of benzene rings is 1. The standard InChI is InChI=1S/C13H16ClIO2/c14-11-3-1-2-10(8-11)13(9-15)17-12-4-6-16-7-5-12/h1-3,8,12-13H,4-7,9H2. The number of ether oxygens (including phenoxy) is 2. The number of halogens is 2. The summed E-state index contributed by atoms with van der Waals surface area (Å²) in [5.74, 6) is 0. The molecule has 1 aliphatic heterocycles. The summed E-state index contributed by atoms with van der Waals surface area (Å²) < 4.78 is 12.4. The van der Waals surface area contributed by atoms with E-state index in [4.69, 9.17) is 21.1 Å². The molecule has 1 fully saturated rings. The summed E-state index contributed by atoms with van der Waals surface area (Å²) >= 11 is 8.37. The van der Waals surface area contributed by atoms with Crippen molar-refractivity contribution >= 4 is 34.2 Å². The predicted molar refractivity (Wildman–Crippen MR) is 78.0 cm³/mol. The molecular weight excluding hydrogens is 350 g/mol. The van der Waals surface area contributed by atoms with Crippen LogP contribution in [-0.2, 0) is 9.47 Å². The minimum atomic E-state index is 0.136. The normalized spacial score (nSPS) is 19.2. The van der Waals surface area contributed by atoms with Crippen molar-refractivity contribution in [2.45, 2.75) is 25.0 Å². The highest BCUT2D eigenvalue weighted by atomic mass is 127. The molecule has 1 heterocycles. The van der Waals surface area contributed by atoms with Crippen LogP contribution in [0, 0.1) is 0 Å². The monoisotopic (exact) mass is 366 g/mol. The summed E-state index contributed by atoms with van der Waals surface area (Å²) in [7, 11) is 0. The smallest absolute Gasteiger partial charge is 0.0918 e. The Labute approximate surface area is 121 Å². The zero-order valence-electron chi connectivity index (χ0n) is 9.57. The molecule has 0 spiro atoms. The lowest BCUT2D eigenvalue weighted by Crippen LogP contribution is -2.25. The van der Waals surface area contributed by atoms with E-state index >= 15 is 0 Å². The molecule has 4 heteroatoms. The van der Waals surface area contributed by atoms with E-state index in [-0.39, 0.29) is 6.10 Å². The largest absolute Gasteiger partial charge is 0.381 e. The molecule has 0 N–H and O–H groups in total. The maximum absolute atomic E-state index is 6.14. The lowest BCUT2D eigenvalue weighted by molar-refractivity contribution is -0.0611. The average Bonchev–Trinajstić information content (AvgIpc) is 2.37. The Bertz CT molecular complexity index is 353. The van der Waals surface area contributed by atoms with E-state index in [1.165, 1.54) is 5.56 Å². The quantitative estimate of drug-likeness (QED) is 0.592. The van der Waals surface area contributed by atoms with Crippen LogP contribution in [0.1, 0.15) is 24.5 Å². The van der Waals surface area contributed by atoms with Gasteiger partial charge in [-0.15, -0.1) is 0 Å². The summed E-state index contributed by atoms with van der Waals surface area (Å²) in [5, 5.41) is 0.771. The van der Waals surface area contributed by atoms with Crippen LogP contribution in [0.3, 0.4) is 0 Å². The molecule has 0 saturated carbocycles. The second kappa shape index (κ2) is 6.92. The van der Waals surface area contributed by atoms with Gasteiger partial charge < -0.3 is 9.47 Å². The Morgan fingerprint density at radius 2 is 2.18 bits per heavy atom. The van der Waals surface area contributed by atoms with Crippen LogP contribution in [0.15, 0.2) is 24.3 Å². The second-order valence-corrected chi connectivity index (χ2v) is 5.46. The van der Waals surface area contributed by atoms with Gasteiger partial charge in [0.05, 0.1) is 12.2 Å². The molecule has 1 atom stereocenters. The summed E-state index contributed by atoms with van der Waals surface area (Å²) in [5.41, 5.74) is 1.17. The zero-order chi connectivity index (χ0) is 12.1. The molecule has 2 rings (SSSR count). The maximum Gasteiger partial charge on any atom is 0.0918 e. The molecule has 2 nitrogen and oxygen atoms in total. The molecule has 1 unspecified atom stereocenters. The molecule has 17 heavy (non-hydrogen) atoms. The highest BCUT2D eigenvalue weighted by Crippen LogP contribution is 2.26. The third-order valence-corrected chi connectivity index (χ3v) is 3.92. The van der Waals surface area contributed by atoms with Crippen LogP contribution in [0.5, 0.6) is 0 Å². The Balaban J connectivity index is 2.00. The Kier molecular flexibility index (Phi) is 5.53. The number of alkyl halides is 1. The van der Waals surface area contributed by atoms with E-state index < -0.39 is 0 Å². The van der Waals surface area contributed by atoms with Crippen molar-refractivity contribution in [3.63, 3.8) is 0 Å². The van der Waals surface area contributed by atoms with Crippen LogP contribution in [-0.4, -0.2) is 23.7 Å². The first-order valence-electron chi connectivity index (χ1n) is 5.84. The molecule has 1 aromatic rings. The first kappa shape index (κ1) is 13.6. The Morgan fingerprint density at radius 1 is 1.41 bits per heavy atom. The van der Waals surface area contributed by atoms with E-state index in [0.717, 1.165) is 35.5 Å². The SMILES string of the molecule is Clc1cccc(C(CI)OC2CCOCC2)c1. The van der Waals surface area contributed by atoms with Crippen molar-refractivity contribution in [1.29, 1.82) is 0 Å². The molecule has 0 radical (unpaired) electrons. The van der Waals surface area contributed by atoms with Crippen molar-refractivity contribution in [1.82, 2.24) is 0 Å². The third-order valence-electron chi connectivity index (χ3n) is 2.89. The Morgan fingerprint density at radius 3 is 2.82 bits per heavy atom. The summed E-state index contributed by atoms with van der Waals surface area (Å²) in [4.78, 5) is 0. The van der Waals surface area contributed by atoms with Gasteiger partial charge in [-0.3, -0.25) is 0 Å². The van der Waals surface area contributed by atoms with E-state index in [0.29, 0.717) is 6.10 Å². The van der Waals surface area contributed by atoms with Gasteiger partial charge in [-0.1, -0.05) is 46.3 Å². The molecule has 1 saturated heterocycles. The predicted octanol–water partition coefficient (Wildman–Crippen LogP) is 4.01. The van der Waals surface area contributed by atoms with Gasteiger partial charge in [-0.25, -0.2) is 0 Å². The van der Waals surface area contributed by atoms with Crippen molar-refractivity contribution in [3.8, 4) is 0 Å². The van der Waals surface area contributed by atoms with E-state index in [2.05, 4.69) is 28.7 Å². The van der Waals surface area contributed by atoms with Crippen LogP contribution in [0.25, 0.3) is 0 Å². The molecule has 0 amide bonds. The third kappa shape index (κ3) is 4.09. The van der Waals surface area contributed by atoms with Crippen LogP contribution in [0.2, 0.25) is 5.02 Å². The van der Waals surface area contributed by atoms with Crippen molar-refractivity contribution in [2.75, 3.05) is 17.6 Å². The summed E-state index contributed by atoms with van der Waals surface area (Å²) in [6.45, 7) is 1.63. The van der Waals surface area contributed by atoms with Crippen LogP contribution < -0.4 is 0 Å². The maximum atomic E-state index is 6.14. The molecule has 0 bridgehead atoms. The molecule has 94 valence electrons. The lowest BCUT2D eigenvalue weighted by atomic mass is 10.1. The van der Waals surface area contributed by atoms with E-state index in [1.54, 1.807) is 0 Å². The summed E-state index contributed by atoms with van der Waals surface area (Å²) in [6.07, 6.45) is 2.45. The van der Waals surface area contributed by atoms with Crippen LogP contribution in [0.4, 0.5) is 0 Å². The summed E-state index contributed by atoms with van der Waals surface area (Å²) in [6, 6.07) is 7.94. The minimum absolute atomic E-state index is 0.136. The van der Waals surface area contributed by atoms with Gasteiger partial charge in [-0.2, -0.15) is 0 Å². The fourth-order valence-electron chi connectivity index (χ4n) is 1.96. The van der Waals surface area contributed by atoms with Gasteiger partial charge >= 0.3 is 0 Å². The first-order chi connectivity index (χ1) is 8.29. The van der Waals surface area contributed by atoms with Gasteiger partial charge in [0.15, 0.2) is 0 Å². The van der Waals surface area contributed by atoms with Gasteiger partial charge in [0.2, 0.25) is 0 Å². The number of hydrogen-bond acceptors (Lipinski definition) is 2. The van der Waals surface area contributed by atoms with Gasteiger partial charge in [0, 0.05) is 22.7 Å². The van der Waals surface area contributed by atoms with Gasteiger partial charge in [0.25, 0.3) is 0 Å². The van der Waals surface area contributed by atoms with Crippen LogP contribution >= 0.6 is 34.2 Å². The highest BCUT2D eigenvalue weighted by molar-refractivity contribution is 14.1. The molecule has 0 aliphatic carbocycles. The average molecular weight is 367 g/mol. The number of hydrogen-bond donors (Lipinski definition) is 0. The zero-order valence-corrected chi connectivity index (χ0v) is 12.5. The number of rotatable bonds is 4. The van der Waals surface area contributed by atoms with E-state index in [1.807, 2.05) is 18.2 Å². The molecule has 0 aromatic heterocycles. The molecular formula is C13H16ClIO2. The van der Waals surface area contributed by atoms with Gasteiger partial charge in [0.1, 0.15) is 0 Å². The van der Waals surface area contributed by atoms with Crippen molar-refractivity contribution in [2.24, 2.45) is 0 Å². The van der Waals surface area contributed by atoms with Crippen molar-refractivity contribution in [3.05, 3.63) is 34.9 Å². The first-order valence-corrected chi connectivity index (χ1v) is 7.74. The minimum Gasteiger partial charge on any atom is -0.381 e. The van der Waals surface area contributed by atoms with Crippen molar-refractivity contribution < 1.29 is 9.47 Å². The lowest BCUT2D eigenvalue weighted by Gasteiger charge is -2.27. The second-order valence-electron chi connectivity index (χ2n) is 4.15. The Hall–Kier alpha value is 0.160. The highest BCUT2D eigenvalue weighted by Gasteiger charge is 2.20. The van der Waals surface area contributed by atoms with Gasteiger partial charge in [-0.05, 0) is 30.5 Å². The fourth-order valence-corrected chi connectivity index (χ4v) is 2.87. The van der Waals surface area contributed by atoms with E-state index in [9.17, 15) is 0 Å². The topological polar surface area (TPSA) is 18.5 Å². The molecule has 1 aromatic carbocycles. The fraction of sp³-hybridized carbons (Fsp3) is 0.538. The molecule has 1 aliphatic rings.